The summed E-state index contributed by atoms with van der Waals surface area (Å²) in [6.07, 6.45) is 1.20. The molecule has 19 heavy (non-hydrogen) atoms. The van der Waals surface area contributed by atoms with E-state index in [1.807, 2.05) is 0 Å². The molecule has 0 aromatic carbocycles. The number of aromatic nitrogens is 2. The fraction of sp³-hybridized carbons (Fsp3) is 0.444. The lowest BCUT2D eigenvalue weighted by Gasteiger charge is -2.16. The van der Waals surface area contributed by atoms with Crippen LogP contribution in [0.3, 0.4) is 0 Å². The van der Waals surface area contributed by atoms with Crippen LogP contribution in [0.5, 0.6) is 0 Å². The van der Waals surface area contributed by atoms with E-state index in [-0.39, 0.29) is 5.03 Å². The average Bonchev–Trinajstić information content (AvgIpc) is 2.57. The number of carboxylic acids is 2. The normalized spacial score (nSPS) is 11.7. The maximum Gasteiger partial charge on any atom is 0.318 e. The first-order valence-electron chi connectivity index (χ1n) is 5.08. The molecule has 0 fully saturated rings. The molecule has 0 amide bonds. The predicted octanol–water partition coefficient (Wildman–Crippen LogP) is -1.11. The van der Waals surface area contributed by atoms with E-state index in [2.05, 4.69) is 4.98 Å². The van der Waals surface area contributed by atoms with Crippen LogP contribution < -0.4 is 0 Å². The van der Waals surface area contributed by atoms with Crippen LogP contribution in [0.4, 0.5) is 0 Å². The molecule has 0 aliphatic carbocycles. The van der Waals surface area contributed by atoms with E-state index >= 15 is 0 Å². The van der Waals surface area contributed by atoms with Crippen molar-refractivity contribution in [1.29, 1.82) is 0 Å². The molecule has 0 aliphatic rings. The molecule has 1 rings (SSSR count). The second kappa shape index (κ2) is 5.36. The minimum atomic E-state index is -4.25. The fourth-order valence-corrected chi connectivity index (χ4v) is 2.67. The summed E-state index contributed by atoms with van der Waals surface area (Å²) in [5, 5.41) is 16.9. The molecule has 0 unspecified atom stereocenters. The Morgan fingerprint density at radius 1 is 1.32 bits per heavy atom. The minimum absolute atomic E-state index is 0.347. The Balaban J connectivity index is 3.18. The van der Waals surface area contributed by atoms with Gasteiger partial charge in [0.1, 0.15) is 18.9 Å². The van der Waals surface area contributed by atoms with Gasteiger partial charge in [-0.15, -0.1) is 0 Å². The Labute approximate surface area is 109 Å². The van der Waals surface area contributed by atoms with E-state index in [0.717, 1.165) is 0 Å². The SMILES string of the molecule is Cc1nc(S(=O)(=O)N(CC(=O)O)CC(=O)O)cn1C. The van der Waals surface area contributed by atoms with Gasteiger partial charge in [-0.3, -0.25) is 9.59 Å². The summed E-state index contributed by atoms with van der Waals surface area (Å²) in [4.78, 5) is 25.0. The summed E-state index contributed by atoms with van der Waals surface area (Å²) < 4.78 is 26.0. The predicted molar refractivity (Wildman–Crippen MR) is 62.0 cm³/mol. The standard InChI is InChI=1S/C9H13N3O6S/c1-6-10-7(3-11(6)2)19(17,18)12(4-8(13)14)5-9(15)16/h3H,4-5H2,1-2H3,(H,13,14)(H,15,16). The van der Waals surface area contributed by atoms with Crippen molar-refractivity contribution in [3.8, 4) is 0 Å². The second-order valence-corrected chi connectivity index (χ2v) is 5.68. The van der Waals surface area contributed by atoms with Crippen LogP contribution in [0.1, 0.15) is 5.82 Å². The smallest absolute Gasteiger partial charge is 0.318 e. The lowest BCUT2D eigenvalue weighted by atomic mass is 10.6. The maximum atomic E-state index is 12.1. The van der Waals surface area contributed by atoms with Gasteiger partial charge >= 0.3 is 11.9 Å². The molecule has 2 N–H and O–H groups in total. The summed E-state index contributed by atoms with van der Waals surface area (Å²) in [5.74, 6) is -2.49. The van der Waals surface area contributed by atoms with Gasteiger partial charge in [-0.05, 0) is 6.92 Å². The highest BCUT2D eigenvalue weighted by Crippen LogP contribution is 2.14. The number of carboxylic acid groups (broad SMARTS) is 2. The zero-order valence-corrected chi connectivity index (χ0v) is 11.1. The largest absolute Gasteiger partial charge is 0.480 e. The zero-order valence-electron chi connectivity index (χ0n) is 10.3. The number of carbonyl (C=O) groups is 2. The lowest BCUT2D eigenvalue weighted by molar-refractivity contribution is -0.139. The van der Waals surface area contributed by atoms with Crippen molar-refractivity contribution >= 4 is 22.0 Å². The van der Waals surface area contributed by atoms with E-state index in [9.17, 15) is 18.0 Å². The molecule has 1 aromatic rings. The number of imidazole rings is 1. The molecular weight excluding hydrogens is 278 g/mol. The van der Waals surface area contributed by atoms with Gasteiger partial charge in [0, 0.05) is 13.2 Å². The van der Waals surface area contributed by atoms with Crippen LogP contribution in [0.2, 0.25) is 0 Å². The van der Waals surface area contributed by atoms with Gasteiger partial charge in [0.25, 0.3) is 10.0 Å². The van der Waals surface area contributed by atoms with Crippen molar-refractivity contribution in [2.75, 3.05) is 13.1 Å². The molecule has 0 radical (unpaired) electrons. The summed E-state index contributed by atoms with van der Waals surface area (Å²) in [6, 6.07) is 0. The average molecular weight is 291 g/mol. The van der Waals surface area contributed by atoms with E-state index in [1.54, 1.807) is 14.0 Å². The van der Waals surface area contributed by atoms with Gasteiger partial charge in [-0.1, -0.05) is 0 Å². The Morgan fingerprint density at radius 3 is 2.11 bits per heavy atom. The van der Waals surface area contributed by atoms with E-state index in [0.29, 0.717) is 10.1 Å². The van der Waals surface area contributed by atoms with Crippen molar-refractivity contribution in [3.63, 3.8) is 0 Å². The Hall–Kier alpha value is -1.94. The number of hydrogen-bond donors (Lipinski definition) is 2. The fourth-order valence-electron chi connectivity index (χ4n) is 1.31. The van der Waals surface area contributed by atoms with E-state index in [1.165, 1.54) is 10.8 Å². The van der Waals surface area contributed by atoms with Gasteiger partial charge in [0.05, 0.1) is 0 Å². The van der Waals surface area contributed by atoms with E-state index < -0.39 is 35.1 Å². The number of nitrogens with zero attached hydrogens (tertiary/aromatic N) is 3. The monoisotopic (exact) mass is 291 g/mol. The third-order valence-electron chi connectivity index (χ3n) is 2.31. The molecular formula is C9H13N3O6S. The number of aryl methyl sites for hydroxylation is 2. The second-order valence-electron chi connectivity index (χ2n) is 3.80. The maximum absolute atomic E-state index is 12.1. The minimum Gasteiger partial charge on any atom is -0.480 e. The third kappa shape index (κ3) is 3.51. The van der Waals surface area contributed by atoms with Gasteiger partial charge < -0.3 is 14.8 Å². The molecule has 106 valence electrons. The number of rotatable bonds is 6. The van der Waals surface area contributed by atoms with Gasteiger partial charge in [0.2, 0.25) is 0 Å². The van der Waals surface area contributed by atoms with Crippen molar-refractivity contribution in [1.82, 2.24) is 13.9 Å². The Kier molecular flexibility index (Phi) is 4.27. The Morgan fingerprint density at radius 2 is 1.79 bits per heavy atom. The van der Waals surface area contributed by atoms with Gasteiger partial charge in [-0.2, -0.15) is 4.31 Å². The highest BCUT2D eigenvalue weighted by Gasteiger charge is 2.30. The molecule has 0 bridgehead atoms. The number of sulfonamides is 1. The van der Waals surface area contributed by atoms with Crippen LogP contribution in [-0.4, -0.2) is 57.5 Å². The van der Waals surface area contributed by atoms with E-state index in [4.69, 9.17) is 10.2 Å². The van der Waals surface area contributed by atoms with Crippen molar-refractivity contribution < 1.29 is 28.2 Å². The van der Waals surface area contributed by atoms with Crippen LogP contribution in [0, 0.1) is 6.92 Å². The van der Waals surface area contributed by atoms with Crippen LogP contribution >= 0.6 is 0 Å². The van der Waals surface area contributed by atoms with Crippen LogP contribution in [0.25, 0.3) is 0 Å². The first-order valence-corrected chi connectivity index (χ1v) is 6.52. The first kappa shape index (κ1) is 15.1. The molecule has 0 atom stereocenters. The number of aliphatic carboxylic acids is 2. The lowest BCUT2D eigenvalue weighted by Crippen LogP contribution is -2.39. The Bertz CT molecular complexity index is 570. The van der Waals surface area contributed by atoms with Crippen molar-refractivity contribution in [3.05, 3.63) is 12.0 Å². The summed E-state index contributed by atoms with van der Waals surface area (Å²) in [7, 11) is -2.68. The topological polar surface area (TPSA) is 130 Å². The summed E-state index contributed by atoms with van der Waals surface area (Å²) in [5.41, 5.74) is 0. The highest BCUT2D eigenvalue weighted by molar-refractivity contribution is 7.89. The first-order chi connectivity index (χ1) is 8.64. The molecule has 9 nitrogen and oxygen atoms in total. The molecule has 0 aliphatic heterocycles. The number of hydrogen-bond acceptors (Lipinski definition) is 5. The molecule has 0 saturated carbocycles. The summed E-state index contributed by atoms with van der Waals surface area (Å²) in [6.45, 7) is -0.313. The molecule has 1 aromatic heterocycles. The zero-order chi connectivity index (χ0) is 14.8. The van der Waals surface area contributed by atoms with Gasteiger partial charge in [0.15, 0.2) is 5.03 Å². The molecule has 1 heterocycles. The van der Waals surface area contributed by atoms with Crippen molar-refractivity contribution in [2.24, 2.45) is 7.05 Å². The van der Waals surface area contributed by atoms with Crippen LogP contribution in [-0.2, 0) is 26.7 Å². The van der Waals surface area contributed by atoms with Crippen molar-refractivity contribution in [2.45, 2.75) is 11.9 Å². The quantitative estimate of drug-likeness (QED) is 0.679. The van der Waals surface area contributed by atoms with Crippen LogP contribution in [0.15, 0.2) is 11.2 Å². The van der Waals surface area contributed by atoms with Gasteiger partial charge in [-0.25, -0.2) is 13.4 Å². The molecule has 0 spiro atoms. The molecule has 10 heteroatoms. The molecule has 0 saturated heterocycles. The summed E-state index contributed by atoms with van der Waals surface area (Å²) >= 11 is 0. The third-order valence-corrected chi connectivity index (χ3v) is 3.98. The highest BCUT2D eigenvalue weighted by atomic mass is 32.2.